The number of imidazole rings is 1. The minimum Gasteiger partial charge on any atom is -0.234 e. The molecule has 0 aliphatic rings. The summed E-state index contributed by atoms with van der Waals surface area (Å²) in [5.74, 6) is 2.03. The van der Waals surface area contributed by atoms with Crippen molar-refractivity contribution >= 4 is 0 Å². The minimum absolute atomic E-state index is 0.516. The van der Waals surface area contributed by atoms with Crippen molar-refractivity contribution in [1.29, 1.82) is 0 Å². The van der Waals surface area contributed by atoms with E-state index in [1.165, 1.54) is 164 Å². The number of aromatic nitrogens is 2. The number of hydrogen-bond acceptors (Lipinski definition) is 0. The van der Waals surface area contributed by atoms with Crippen molar-refractivity contribution in [3.05, 3.63) is 89.5 Å². The maximum absolute atomic E-state index is 2.75. The first kappa shape index (κ1) is 39.1. The molecule has 47 heavy (non-hydrogen) atoms. The Balaban J connectivity index is 1.59. The zero-order valence-electron chi connectivity index (χ0n) is 31.2. The van der Waals surface area contributed by atoms with E-state index in [2.05, 4.69) is 96.8 Å². The lowest BCUT2D eigenvalue weighted by Crippen LogP contribution is -2.37. The average Bonchev–Trinajstić information content (AvgIpc) is 3.41. The minimum atomic E-state index is 0.516. The molecule has 3 rings (SSSR count). The zero-order valence-corrected chi connectivity index (χ0v) is 31.2. The van der Waals surface area contributed by atoms with E-state index < -0.39 is 0 Å². The molecule has 3 aromatic rings. The van der Waals surface area contributed by atoms with Crippen LogP contribution in [0.1, 0.15) is 191 Å². The van der Waals surface area contributed by atoms with Crippen molar-refractivity contribution in [1.82, 2.24) is 4.57 Å². The molecular formula is C45H73N2+. The molecule has 0 spiro atoms. The van der Waals surface area contributed by atoms with Crippen LogP contribution >= 0.6 is 0 Å². The summed E-state index contributed by atoms with van der Waals surface area (Å²) >= 11 is 0. The summed E-state index contributed by atoms with van der Waals surface area (Å²) in [6.07, 6.45) is 35.4. The first-order valence-electron chi connectivity index (χ1n) is 20.4. The molecule has 0 amide bonds. The van der Waals surface area contributed by atoms with E-state index in [4.69, 9.17) is 0 Å². The van der Waals surface area contributed by atoms with E-state index in [0.717, 1.165) is 25.9 Å². The van der Waals surface area contributed by atoms with E-state index in [1.54, 1.807) is 0 Å². The van der Waals surface area contributed by atoms with Crippen molar-refractivity contribution in [2.45, 2.75) is 194 Å². The van der Waals surface area contributed by atoms with Crippen LogP contribution in [0.3, 0.4) is 0 Å². The lowest BCUT2D eigenvalue weighted by molar-refractivity contribution is -0.704. The predicted octanol–water partition coefficient (Wildman–Crippen LogP) is 13.3. The van der Waals surface area contributed by atoms with Crippen LogP contribution in [0.5, 0.6) is 0 Å². The van der Waals surface area contributed by atoms with Gasteiger partial charge in [0.2, 0.25) is 0 Å². The van der Waals surface area contributed by atoms with Gasteiger partial charge < -0.3 is 0 Å². The topological polar surface area (TPSA) is 8.81 Å². The van der Waals surface area contributed by atoms with Gasteiger partial charge >= 0.3 is 0 Å². The van der Waals surface area contributed by atoms with Crippen LogP contribution in [0.2, 0.25) is 0 Å². The summed E-state index contributed by atoms with van der Waals surface area (Å²) in [6.45, 7) is 9.34. The van der Waals surface area contributed by atoms with Crippen LogP contribution in [-0.2, 0) is 25.9 Å². The largest absolute Gasteiger partial charge is 0.261 e. The molecule has 1 heterocycles. The number of benzene rings is 2. The first-order chi connectivity index (χ1) is 23.2. The van der Waals surface area contributed by atoms with Crippen LogP contribution in [0.15, 0.2) is 66.9 Å². The lowest BCUT2D eigenvalue weighted by Gasteiger charge is -2.12. The van der Waals surface area contributed by atoms with Gasteiger partial charge in [-0.2, -0.15) is 0 Å². The maximum Gasteiger partial charge on any atom is 0.261 e. The number of rotatable bonds is 29. The molecule has 0 aliphatic carbocycles. The van der Waals surface area contributed by atoms with Gasteiger partial charge in [0, 0.05) is 6.42 Å². The molecule has 1 unspecified atom stereocenters. The molecule has 1 aromatic heterocycles. The molecule has 2 nitrogen and oxygen atoms in total. The van der Waals surface area contributed by atoms with E-state index in [9.17, 15) is 0 Å². The van der Waals surface area contributed by atoms with Crippen molar-refractivity contribution in [3.8, 4) is 0 Å². The molecule has 0 saturated carbocycles. The molecular weight excluding hydrogens is 569 g/mol. The zero-order chi connectivity index (χ0) is 33.2. The number of hydrogen-bond donors (Lipinski definition) is 0. The molecule has 0 aliphatic heterocycles. The molecule has 262 valence electrons. The van der Waals surface area contributed by atoms with Crippen molar-refractivity contribution in [3.63, 3.8) is 0 Å². The highest BCUT2D eigenvalue weighted by molar-refractivity contribution is 5.22. The average molecular weight is 642 g/mol. The third-order valence-corrected chi connectivity index (χ3v) is 10.4. The third kappa shape index (κ3) is 16.5. The van der Waals surface area contributed by atoms with Gasteiger partial charge in [-0.3, -0.25) is 0 Å². The Bertz CT molecular complexity index is 1130. The standard InChI is InChI=1S/C45H73N2/c1-4-6-8-10-12-14-15-16-17-19-20-22-30-36-46-40-44(38-41(3)43-34-28-25-29-35-43)47(45(46)39-42-32-26-24-27-33-42)37-31-23-21-18-13-11-9-7-5-2/h24-29,32-35,40-41H,4-23,30-31,36-39H2,1-3H3/q+1. The fraction of sp³-hybridized carbons (Fsp3) is 0.667. The Morgan fingerprint density at radius 3 is 1.49 bits per heavy atom. The Kier molecular flexibility index (Phi) is 21.3. The van der Waals surface area contributed by atoms with E-state index in [0.29, 0.717) is 5.92 Å². The van der Waals surface area contributed by atoms with Crippen molar-refractivity contribution in [2.75, 3.05) is 0 Å². The summed E-state index contributed by atoms with van der Waals surface area (Å²) in [6, 6.07) is 22.4. The summed E-state index contributed by atoms with van der Waals surface area (Å²) in [5.41, 5.74) is 4.42. The smallest absolute Gasteiger partial charge is 0.234 e. The number of nitrogens with zero attached hydrogens (tertiary/aromatic N) is 2. The van der Waals surface area contributed by atoms with Gasteiger partial charge in [-0.15, -0.1) is 0 Å². The Labute approximate surface area is 291 Å². The SMILES string of the molecule is CCCCCCCCCCCCCCC[n+]1cc(CC(C)c2ccccc2)n(CCCCCCCCCCC)c1Cc1ccccc1. The molecule has 0 fully saturated rings. The van der Waals surface area contributed by atoms with Crippen LogP contribution < -0.4 is 4.57 Å². The molecule has 0 bridgehead atoms. The van der Waals surface area contributed by atoms with E-state index in [-0.39, 0.29) is 0 Å². The quantitative estimate of drug-likeness (QED) is 0.0527. The Hall–Kier alpha value is -2.35. The van der Waals surface area contributed by atoms with Crippen LogP contribution in [0.4, 0.5) is 0 Å². The summed E-state index contributed by atoms with van der Waals surface area (Å²) < 4.78 is 5.41. The van der Waals surface area contributed by atoms with Gasteiger partial charge in [0.1, 0.15) is 11.9 Å². The lowest BCUT2D eigenvalue weighted by atomic mass is 9.96. The van der Waals surface area contributed by atoms with E-state index >= 15 is 0 Å². The second-order valence-corrected chi connectivity index (χ2v) is 14.6. The fourth-order valence-electron chi connectivity index (χ4n) is 7.34. The number of unbranched alkanes of at least 4 members (excludes halogenated alkanes) is 20. The Morgan fingerprint density at radius 1 is 0.532 bits per heavy atom. The van der Waals surface area contributed by atoms with Crippen molar-refractivity contribution in [2.24, 2.45) is 0 Å². The molecule has 0 radical (unpaired) electrons. The molecule has 2 aromatic carbocycles. The first-order valence-corrected chi connectivity index (χ1v) is 20.4. The highest BCUT2D eigenvalue weighted by Gasteiger charge is 2.25. The summed E-state index contributed by atoms with van der Waals surface area (Å²) in [7, 11) is 0. The summed E-state index contributed by atoms with van der Waals surface area (Å²) in [5, 5.41) is 0. The van der Waals surface area contributed by atoms with E-state index in [1.807, 2.05) is 0 Å². The van der Waals surface area contributed by atoms with Gasteiger partial charge in [0.15, 0.2) is 0 Å². The van der Waals surface area contributed by atoms with Gasteiger partial charge in [0.25, 0.3) is 5.82 Å². The highest BCUT2D eigenvalue weighted by Crippen LogP contribution is 2.23. The number of aryl methyl sites for hydroxylation is 1. The third-order valence-electron chi connectivity index (χ3n) is 10.4. The van der Waals surface area contributed by atoms with Crippen LogP contribution in [0, 0.1) is 0 Å². The van der Waals surface area contributed by atoms with Gasteiger partial charge in [-0.05, 0) is 42.7 Å². The second-order valence-electron chi connectivity index (χ2n) is 14.6. The van der Waals surface area contributed by atoms with Gasteiger partial charge in [-0.25, -0.2) is 9.13 Å². The molecule has 2 heteroatoms. The maximum atomic E-state index is 2.75. The van der Waals surface area contributed by atoms with Crippen molar-refractivity contribution < 1.29 is 4.57 Å². The molecule has 0 N–H and O–H groups in total. The van der Waals surface area contributed by atoms with Crippen LogP contribution in [0.25, 0.3) is 0 Å². The predicted molar refractivity (Wildman–Crippen MR) is 205 cm³/mol. The molecule has 1 atom stereocenters. The second kappa shape index (κ2) is 25.6. The summed E-state index contributed by atoms with van der Waals surface area (Å²) in [4.78, 5) is 0. The fourth-order valence-corrected chi connectivity index (χ4v) is 7.34. The monoisotopic (exact) mass is 642 g/mol. The van der Waals surface area contributed by atoms with Gasteiger partial charge in [0.05, 0.1) is 19.5 Å². The highest BCUT2D eigenvalue weighted by atomic mass is 15.2. The van der Waals surface area contributed by atoms with Gasteiger partial charge in [-0.1, -0.05) is 197 Å². The van der Waals surface area contributed by atoms with Crippen LogP contribution in [-0.4, -0.2) is 4.57 Å². The Morgan fingerprint density at radius 2 is 0.979 bits per heavy atom. The molecule has 0 saturated heterocycles. The normalized spacial score (nSPS) is 12.1.